The molecule has 1 atom stereocenters. The van der Waals surface area contributed by atoms with Crippen LogP contribution in [0.1, 0.15) is 16.7 Å². The molecule has 2 nitrogen and oxygen atoms in total. The molecular weight excluding hydrogens is 322 g/mol. The van der Waals surface area contributed by atoms with Crippen molar-refractivity contribution in [2.45, 2.75) is 24.1 Å². The Hall–Kier alpha value is -0.970. The molecule has 2 aromatic rings. The topological polar surface area (TPSA) is 43.1 Å². The Balaban J connectivity index is 2.22. The molecular formula is C15H16BrNOS. The molecule has 0 saturated carbocycles. The minimum absolute atomic E-state index is 0.527. The summed E-state index contributed by atoms with van der Waals surface area (Å²) >= 11 is 3.44. The van der Waals surface area contributed by atoms with E-state index in [1.165, 1.54) is 0 Å². The molecule has 19 heavy (non-hydrogen) atoms. The van der Waals surface area contributed by atoms with Crippen LogP contribution in [0.2, 0.25) is 0 Å². The number of halogens is 1. The average Bonchev–Trinajstić information content (AvgIpc) is 2.41. The van der Waals surface area contributed by atoms with Crippen LogP contribution in [0.5, 0.6) is 0 Å². The van der Waals surface area contributed by atoms with E-state index >= 15 is 0 Å². The summed E-state index contributed by atoms with van der Waals surface area (Å²) in [5.74, 6) is 0.527. The number of nitrogens with two attached hydrogens (primary N) is 1. The Morgan fingerprint density at radius 2 is 1.95 bits per heavy atom. The minimum Gasteiger partial charge on any atom is -0.326 e. The lowest BCUT2D eigenvalue weighted by molar-refractivity contribution is 0.682. The molecule has 2 aromatic carbocycles. The highest BCUT2D eigenvalue weighted by Crippen LogP contribution is 2.23. The van der Waals surface area contributed by atoms with E-state index in [2.05, 4.69) is 22.0 Å². The standard InChI is InChI=1S/C15H16BrNOS/c1-11-8-12(9-17)6-7-13(11)10-19(18)15-5-3-2-4-14(15)16/h2-8H,9-10,17H2,1H3. The molecule has 0 fully saturated rings. The van der Waals surface area contributed by atoms with Gasteiger partial charge >= 0.3 is 0 Å². The van der Waals surface area contributed by atoms with Crippen molar-refractivity contribution < 1.29 is 4.21 Å². The van der Waals surface area contributed by atoms with Crippen LogP contribution in [0.3, 0.4) is 0 Å². The maximum atomic E-state index is 12.4. The highest BCUT2D eigenvalue weighted by molar-refractivity contribution is 9.10. The molecule has 1 unspecified atom stereocenters. The van der Waals surface area contributed by atoms with Crippen LogP contribution in [0.25, 0.3) is 0 Å². The van der Waals surface area contributed by atoms with E-state index in [4.69, 9.17) is 5.73 Å². The van der Waals surface area contributed by atoms with E-state index in [1.807, 2.05) is 43.3 Å². The third-order valence-corrected chi connectivity index (χ3v) is 5.38. The summed E-state index contributed by atoms with van der Waals surface area (Å²) in [6, 6.07) is 13.7. The van der Waals surface area contributed by atoms with E-state index in [9.17, 15) is 4.21 Å². The van der Waals surface area contributed by atoms with Gasteiger partial charge in [-0.05, 0) is 51.7 Å². The molecule has 0 spiro atoms. The van der Waals surface area contributed by atoms with Crippen molar-refractivity contribution in [3.63, 3.8) is 0 Å². The Bertz CT molecular complexity index is 613. The zero-order valence-electron chi connectivity index (χ0n) is 10.7. The molecule has 0 aliphatic rings. The van der Waals surface area contributed by atoms with Crippen LogP contribution in [-0.4, -0.2) is 4.21 Å². The summed E-state index contributed by atoms with van der Waals surface area (Å²) in [7, 11) is -1.04. The van der Waals surface area contributed by atoms with E-state index in [1.54, 1.807) is 0 Å². The molecule has 0 radical (unpaired) electrons. The molecule has 0 bridgehead atoms. The van der Waals surface area contributed by atoms with Crippen molar-refractivity contribution in [2.24, 2.45) is 5.73 Å². The molecule has 4 heteroatoms. The molecule has 0 aromatic heterocycles. The smallest absolute Gasteiger partial charge is 0.0585 e. The number of hydrogen-bond acceptors (Lipinski definition) is 2. The number of hydrogen-bond donors (Lipinski definition) is 1. The van der Waals surface area contributed by atoms with E-state index in [0.717, 1.165) is 26.1 Å². The lowest BCUT2D eigenvalue weighted by Gasteiger charge is -2.09. The summed E-state index contributed by atoms with van der Waals surface area (Å²) in [6.07, 6.45) is 0. The van der Waals surface area contributed by atoms with Crippen molar-refractivity contribution in [1.29, 1.82) is 0 Å². The van der Waals surface area contributed by atoms with Gasteiger partial charge in [-0.15, -0.1) is 0 Å². The van der Waals surface area contributed by atoms with Gasteiger partial charge in [-0.3, -0.25) is 4.21 Å². The molecule has 2 N–H and O–H groups in total. The second kappa shape index (κ2) is 6.46. The van der Waals surface area contributed by atoms with Crippen molar-refractivity contribution >= 4 is 26.7 Å². The number of rotatable bonds is 4. The van der Waals surface area contributed by atoms with E-state index in [-0.39, 0.29) is 0 Å². The Kier molecular flexibility index (Phi) is 4.91. The third-order valence-electron chi connectivity index (χ3n) is 3.01. The van der Waals surface area contributed by atoms with Crippen molar-refractivity contribution in [3.8, 4) is 0 Å². The van der Waals surface area contributed by atoms with Gasteiger partial charge in [-0.25, -0.2) is 0 Å². The molecule has 0 heterocycles. The highest BCUT2D eigenvalue weighted by atomic mass is 79.9. The van der Waals surface area contributed by atoms with Crippen molar-refractivity contribution in [3.05, 3.63) is 63.6 Å². The van der Waals surface area contributed by atoms with Crippen LogP contribution in [0.15, 0.2) is 51.8 Å². The normalized spacial score (nSPS) is 12.4. The van der Waals surface area contributed by atoms with E-state index in [0.29, 0.717) is 12.3 Å². The summed E-state index contributed by atoms with van der Waals surface area (Å²) in [4.78, 5) is 0.838. The van der Waals surface area contributed by atoms with Crippen molar-refractivity contribution in [2.75, 3.05) is 0 Å². The quantitative estimate of drug-likeness (QED) is 0.927. The minimum atomic E-state index is -1.04. The van der Waals surface area contributed by atoms with Gasteiger partial charge in [0.25, 0.3) is 0 Å². The lowest BCUT2D eigenvalue weighted by Crippen LogP contribution is -2.02. The molecule has 2 rings (SSSR count). The molecule has 0 saturated heterocycles. The van der Waals surface area contributed by atoms with Gasteiger partial charge in [0.1, 0.15) is 0 Å². The van der Waals surface area contributed by atoms with Crippen LogP contribution in [0.4, 0.5) is 0 Å². The maximum Gasteiger partial charge on any atom is 0.0585 e. The zero-order valence-corrected chi connectivity index (χ0v) is 13.1. The molecule has 0 aliphatic carbocycles. The fraction of sp³-hybridized carbons (Fsp3) is 0.200. The monoisotopic (exact) mass is 337 g/mol. The second-order valence-corrected chi connectivity index (χ2v) is 6.66. The predicted octanol–water partition coefficient (Wildman–Crippen LogP) is 3.52. The van der Waals surface area contributed by atoms with Gasteiger partial charge in [0, 0.05) is 11.0 Å². The average molecular weight is 338 g/mol. The van der Waals surface area contributed by atoms with Gasteiger partial charge < -0.3 is 5.73 Å². The fourth-order valence-corrected chi connectivity index (χ4v) is 4.00. The summed E-state index contributed by atoms with van der Waals surface area (Å²) < 4.78 is 13.3. The Labute approximate surface area is 124 Å². The molecule has 0 aliphatic heterocycles. The van der Waals surface area contributed by atoms with Gasteiger partial charge in [0.2, 0.25) is 0 Å². The molecule has 100 valence electrons. The Morgan fingerprint density at radius 1 is 1.21 bits per heavy atom. The van der Waals surface area contributed by atoms with Crippen LogP contribution in [-0.2, 0) is 23.1 Å². The van der Waals surface area contributed by atoms with Gasteiger partial charge in [-0.1, -0.05) is 30.3 Å². The highest BCUT2D eigenvalue weighted by Gasteiger charge is 2.10. The maximum absolute atomic E-state index is 12.4. The van der Waals surface area contributed by atoms with Gasteiger partial charge in [0.15, 0.2) is 0 Å². The molecule has 0 amide bonds. The second-order valence-electron chi connectivity index (χ2n) is 4.39. The SMILES string of the molecule is Cc1cc(CN)ccc1CS(=O)c1ccccc1Br. The first-order valence-corrected chi connectivity index (χ1v) is 8.14. The summed E-state index contributed by atoms with van der Waals surface area (Å²) in [6.45, 7) is 2.57. The largest absolute Gasteiger partial charge is 0.326 e. The third kappa shape index (κ3) is 3.53. The van der Waals surface area contributed by atoms with Gasteiger partial charge in [0.05, 0.1) is 21.4 Å². The predicted molar refractivity (Wildman–Crippen MR) is 83.3 cm³/mol. The summed E-state index contributed by atoms with van der Waals surface area (Å²) in [5, 5.41) is 0. The summed E-state index contributed by atoms with van der Waals surface area (Å²) in [5.41, 5.74) is 8.96. The number of benzene rings is 2. The van der Waals surface area contributed by atoms with Crippen LogP contribution in [0, 0.1) is 6.92 Å². The zero-order chi connectivity index (χ0) is 13.8. The van der Waals surface area contributed by atoms with Crippen LogP contribution < -0.4 is 5.73 Å². The Morgan fingerprint density at radius 3 is 2.58 bits per heavy atom. The van der Waals surface area contributed by atoms with Gasteiger partial charge in [-0.2, -0.15) is 0 Å². The fourth-order valence-electron chi connectivity index (χ4n) is 1.90. The first kappa shape index (κ1) is 14.4. The first-order chi connectivity index (χ1) is 9.11. The number of aryl methyl sites for hydroxylation is 1. The van der Waals surface area contributed by atoms with Crippen LogP contribution >= 0.6 is 15.9 Å². The lowest BCUT2D eigenvalue weighted by atomic mass is 10.1. The van der Waals surface area contributed by atoms with E-state index < -0.39 is 10.8 Å². The van der Waals surface area contributed by atoms with Crippen molar-refractivity contribution in [1.82, 2.24) is 0 Å². The first-order valence-electron chi connectivity index (χ1n) is 6.03.